The van der Waals surface area contributed by atoms with Crippen molar-refractivity contribution in [2.24, 2.45) is 0 Å². The summed E-state index contributed by atoms with van der Waals surface area (Å²) in [5, 5.41) is 11.8. The summed E-state index contributed by atoms with van der Waals surface area (Å²) >= 11 is 0. The van der Waals surface area contributed by atoms with Crippen molar-refractivity contribution in [1.29, 1.82) is 0 Å². The highest BCUT2D eigenvalue weighted by molar-refractivity contribution is 6.14. The van der Waals surface area contributed by atoms with Crippen molar-refractivity contribution < 1.29 is 33.6 Å². The second-order valence-corrected chi connectivity index (χ2v) is 7.61. The molecule has 172 valence electrons. The lowest BCUT2D eigenvalue weighted by Gasteiger charge is -2.26. The number of hydrogen-bond donors (Lipinski definition) is 1. The van der Waals surface area contributed by atoms with E-state index in [0.717, 1.165) is 5.56 Å². The zero-order valence-corrected chi connectivity index (χ0v) is 19.2. The van der Waals surface area contributed by atoms with Crippen LogP contribution in [-0.2, 0) is 0 Å². The van der Waals surface area contributed by atoms with Gasteiger partial charge in [0.2, 0.25) is 0 Å². The van der Waals surface area contributed by atoms with Gasteiger partial charge in [0.25, 0.3) is 0 Å². The Morgan fingerprint density at radius 2 is 1.27 bits per heavy atom. The Balaban J connectivity index is 2.09. The Morgan fingerprint density at radius 1 is 0.697 bits per heavy atom. The lowest BCUT2D eigenvalue weighted by atomic mass is 9.82. The van der Waals surface area contributed by atoms with E-state index >= 15 is 0 Å². The summed E-state index contributed by atoms with van der Waals surface area (Å²) in [6, 6.07) is 14.1. The fourth-order valence-electron chi connectivity index (χ4n) is 4.40. The molecule has 3 aromatic rings. The van der Waals surface area contributed by atoms with Gasteiger partial charge in [-0.05, 0) is 35.4 Å². The van der Waals surface area contributed by atoms with Gasteiger partial charge in [-0.25, -0.2) is 0 Å². The number of ether oxygens (including phenoxy) is 5. The van der Waals surface area contributed by atoms with Crippen molar-refractivity contribution in [3.8, 4) is 28.7 Å². The zero-order valence-electron chi connectivity index (χ0n) is 19.2. The van der Waals surface area contributed by atoms with Crippen LogP contribution in [0.1, 0.15) is 44.6 Å². The van der Waals surface area contributed by atoms with E-state index in [1.165, 1.54) is 21.3 Å². The molecule has 0 amide bonds. The first-order valence-corrected chi connectivity index (χ1v) is 10.4. The first-order chi connectivity index (χ1) is 16.0. The molecule has 0 aromatic heterocycles. The van der Waals surface area contributed by atoms with E-state index in [-0.39, 0.29) is 5.78 Å². The van der Waals surface area contributed by atoms with Gasteiger partial charge in [-0.3, -0.25) is 4.79 Å². The van der Waals surface area contributed by atoms with Crippen LogP contribution >= 0.6 is 0 Å². The minimum atomic E-state index is -1.10. The first kappa shape index (κ1) is 22.5. The third-order valence-electron chi connectivity index (χ3n) is 6.03. The highest BCUT2D eigenvalue weighted by Gasteiger charge is 2.39. The van der Waals surface area contributed by atoms with E-state index in [4.69, 9.17) is 23.7 Å². The predicted octanol–water partition coefficient (Wildman–Crippen LogP) is 4.14. The van der Waals surface area contributed by atoms with Crippen molar-refractivity contribution in [3.63, 3.8) is 0 Å². The Bertz CT molecular complexity index is 1180. The molecule has 1 aliphatic carbocycles. The Labute approximate surface area is 192 Å². The molecule has 1 N–H and O–H groups in total. The Kier molecular flexibility index (Phi) is 6.16. The van der Waals surface area contributed by atoms with Crippen molar-refractivity contribution >= 4 is 5.78 Å². The van der Waals surface area contributed by atoms with Crippen molar-refractivity contribution in [1.82, 2.24) is 0 Å². The average Bonchev–Trinajstić information content (AvgIpc) is 2.95. The average molecular weight is 450 g/mol. The predicted molar refractivity (Wildman–Crippen MR) is 122 cm³/mol. The maximum Gasteiger partial charge on any atom is 0.197 e. The molecule has 3 aromatic carbocycles. The lowest BCUT2D eigenvalue weighted by Crippen LogP contribution is -2.14. The number of hydrogen-bond acceptors (Lipinski definition) is 7. The molecule has 0 unspecified atom stereocenters. The molecule has 0 radical (unpaired) electrons. The standard InChI is InChI=1S/C26H26O7/c1-29-15-8-6-14(7-9-15)22-18-10-16(30-2)12-20(32-4)23(18)25(27)19-11-17(31-3)13-21(33-5)24(19)26(22)28/h6-13,22,26,28H,1-5H3/t22-,26+/m0/s1. The van der Waals surface area contributed by atoms with Gasteiger partial charge < -0.3 is 28.8 Å². The molecule has 7 heteroatoms. The van der Waals surface area contributed by atoms with Gasteiger partial charge >= 0.3 is 0 Å². The van der Waals surface area contributed by atoms with Crippen LogP contribution in [0.5, 0.6) is 28.7 Å². The third kappa shape index (κ3) is 3.74. The number of carbonyl (C=O) groups is 1. The normalized spacial score (nSPS) is 16.8. The van der Waals surface area contributed by atoms with Gasteiger partial charge in [0, 0.05) is 29.2 Å². The maximum absolute atomic E-state index is 13.9. The fourth-order valence-corrected chi connectivity index (χ4v) is 4.40. The van der Waals surface area contributed by atoms with E-state index in [2.05, 4.69) is 0 Å². The van der Waals surface area contributed by atoms with Crippen LogP contribution in [0.25, 0.3) is 0 Å². The summed E-state index contributed by atoms with van der Waals surface area (Å²) in [6.07, 6.45) is -1.10. The van der Waals surface area contributed by atoms with Gasteiger partial charge in [-0.15, -0.1) is 0 Å². The molecule has 1 aliphatic rings. The molecule has 7 nitrogen and oxygen atoms in total. The number of carbonyl (C=O) groups excluding carboxylic acids is 1. The van der Waals surface area contributed by atoms with Crippen LogP contribution in [-0.4, -0.2) is 46.4 Å². The van der Waals surface area contributed by atoms with E-state index < -0.39 is 12.0 Å². The van der Waals surface area contributed by atoms with Gasteiger partial charge in [0.1, 0.15) is 28.7 Å². The zero-order chi connectivity index (χ0) is 23.7. The van der Waals surface area contributed by atoms with Crippen LogP contribution < -0.4 is 23.7 Å². The number of rotatable bonds is 6. The number of ketones is 1. The molecule has 0 fully saturated rings. The number of aliphatic hydroxyl groups is 1. The molecular weight excluding hydrogens is 424 g/mol. The van der Waals surface area contributed by atoms with Gasteiger partial charge in [-0.2, -0.15) is 0 Å². The Hall–Kier alpha value is -3.71. The maximum atomic E-state index is 13.9. The number of methoxy groups -OCH3 is 5. The summed E-state index contributed by atoms with van der Waals surface area (Å²) in [4.78, 5) is 13.9. The smallest absolute Gasteiger partial charge is 0.197 e. The number of fused-ring (bicyclic) bond motifs is 2. The van der Waals surface area contributed by atoms with Gasteiger partial charge in [-0.1, -0.05) is 12.1 Å². The van der Waals surface area contributed by atoms with E-state index in [0.29, 0.717) is 51.0 Å². The minimum Gasteiger partial charge on any atom is -0.497 e. The molecule has 4 rings (SSSR count). The van der Waals surface area contributed by atoms with Gasteiger partial charge in [0.05, 0.1) is 47.2 Å². The van der Waals surface area contributed by atoms with Crippen LogP contribution in [0.2, 0.25) is 0 Å². The number of aliphatic hydroxyl groups excluding tert-OH is 1. The van der Waals surface area contributed by atoms with Gasteiger partial charge in [0.15, 0.2) is 5.78 Å². The topological polar surface area (TPSA) is 83.5 Å². The molecule has 0 bridgehead atoms. The Morgan fingerprint density at radius 3 is 1.85 bits per heavy atom. The molecular formula is C26H26O7. The van der Waals surface area contributed by atoms with Crippen LogP contribution in [0.3, 0.4) is 0 Å². The second kappa shape index (κ2) is 9.03. The van der Waals surface area contributed by atoms with Crippen molar-refractivity contribution in [3.05, 3.63) is 76.3 Å². The third-order valence-corrected chi connectivity index (χ3v) is 6.03. The SMILES string of the molecule is COc1ccc([C@H]2c3cc(OC)cc(OC)c3C(=O)c3cc(OC)cc(OC)c3[C@@H]2O)cc1. The molecule has 2 atom stereocenters. The molecule has 0 aliphatic heterocycles. The summed E-state index contributed by atoms with van der Waals surface area (Å²) in [6.45, 7) is 0. The van der Waals surface area contributed by atoms with Crippen molar-refractivity contribution in [2.45, 2.75) is 12.0 Å². The lowest BCUT2D eigenvalue weighted by molar-refractivity contribution is 0.103. The largest absolute Gasteiger partial charge is 0.497 e. The van der Waals surface area contributed by atoms with E-state index in [9.17, 15) is 9.90 Å². The fraction of sp³-hybridized carbons (Fsp3) is 0.269. The quantitative estimate of drug-likeness (QED) is 0.604. The van der Waals surface area contributed by atoms with E-state index in [1.807, 2.05) is 24.3 Å². The van der Waals surface area contributed by atoms with Crippen molar-refractivity contribution in [2.75, 3.05) is 35.5 Å². The molecule has 33 heavy (non-hydrogen) atoms. The first-order valence-electron chi connectivity index (χ1n) is 10.4. The van der Waals surface area contributed by atoms with Crippen LogP contribution in [0.4, 0.5) is 0 Å². The molecule has 0 saturated carbocycles. The van der Waals surface area contributed by atoms with Crippen LogP contribution in [0, 0.1) is 0 Å². The summed E-state index contributed by atoms with van der Waals surface area (Å²) in [7, 11) is 7.64. The number of benzene rings is 3. The van der Waals surface area contributed by atoms with E-state index in [1.54, 1.807) is 38.5 Å². The molecule has 0 spiro atoms. The molecule has 0 saturated heterocycles. The summed E-state index contributed by atoms with van der Waals surface area (Å²) in [5.74, 6) is 1.46. The highest BCUT2D eigenvalue weighted by Crippen LogP contribution is 2.50. The van der Waals surface area contributed by atoms with Crippen LogP contribution in [0.15, 0.2) is 48.5 Å². The summed E-state index contributed by atoms with van der Waals surface area (Å²) < 4.78 is 27.3. The second-order valence-electron chi connectivity index (χ2n) is 7.61. The highest BCUT2D eigenvalue weighted by atomic mass is 16.5. The monoisotopic (exact) mass is 450 g/mol. The minimum absolute atomic E-state index is 0.291. The summed E-state index contributed by atoms with van der Waals surface area (Å²) in [5.41, 5.74) is 2.41. The molecule has 0 heterocycles.